The number of aliphatic imine (C=N–C) groups is 1. The number of hydrogen-bond acceptors (Lipinski definition) is 9. The lowest BCUT2D eigenvalue weighted by Gasteiger charge is -2.31. The number of halogens is 6. The van der Waals surface area contributed by atoms with Gasteiger partial charge in [0.15, 0.2) is 18.5 Å². The Labute approximate surface area is 233 Å². The maximum absolute atomic E-state index is 13.9. The van der Waals surface area contributed by atoms with Gasteiger partial charge in [-0.15, -0.1) is 0 Å². The lowest BCUT2D eigenvalue weighted by molar-refractivity contribution is -0.124. The van der Waals surface area contributed by atoms with Crippen molar-refractivity contribution in [3.8, 4) is 5.88 Å². The molecule has 12 nitrogen and oxygen atoms in total. The predicted molar refractivity (Wildman–Crippen MR) is 130 cm³/mol. The molecule has 42 heavy (non-hydrogen) atoms. The quantitative estimate of drug-likeness (QED) is 0.178. The summed E-state index contributed by atoms with van der Waals surface area (Å²) in [5.74, 6) is -6.47. The molecule has 3 aromatic rings. The maximum atomic E-state index is 13.9. The number of fused-ring (bicyclic) bond motifs is 1. The summed E-state index contributed by atoms with van der Waals surface area (Å²) in [5.41, 5.74) is -0.00344. The molecule has 1 unspecified atom stereocenters. The van der Waals surface area contributed by atoms with Crippen LogP contribution in [0, 0.1) is 5.92 Å². The SMILES string of the molecule is O=C(CCC(F)F)N[C@H](O)c1cnn2cc(C(C=NC(=O)c3nonc3OCC(F)F)C3CCC(F)(F)CC3)nc2c1. The van der Waals surface area contributed by atoms with Gasteiger partial charge in [0.1, 0.15) is 0 Å². The molecule has 2 N–H and O–H groups in total. The van der Waals surface area contributed by atoms with E-state index < -0.39 is 92.5 Å². The zero-order chi connectivity index (χ0) is 30.4. The van der Waals surface area contributed by atoms with E-state index in [1.807, 2.05) is 0 Å². The fourth-order valence-electron chi connectivity index (χ4n) is 4.39. The third-order valence-electron chi connectivity index (χ3n) is 6.53. The van der Waals surface area contributed by atoms with E-state index in [4.69, 9.17) is 4.74 Å². The van der Waals surface area contributed by atoms with Crippen molar-refractivity contribution >= 4 is 23.7 Å². The Hall–Kier alpha value is -4.09. The summed E-state index contributed by atoms with van der Waals surface area (Å²) in [5, 5.41) is 23.2. The van der Waals surface area contributed by atoms with Crippen molar-refractivity contribution in [1.29, 1.82) is 0 Å². The van der Waals surface area contributed by atoms with Crippen LogP contribution >= 0.6 is 0 Å². The number of nitrogens with one attached hydrogen (secondary N) is 1. The van der Waals surface area contributed by atoms with Crippen molar-refractivity contribution in [1.82, 2.24) is 30.2 Å². The number of aromatic nitrogens is 5. The number of rotatable bonds is 12. The molecule has 228 valence electrons. The molecule has 0 bridgehead atoms. The molecule has 2 atom stereocenters. The Morgan fingerprint density at radius 1 is 1.21 bits per heavy atom. The Balaban J connectivity index is 1.56. The van der Waals surface area contributed by atoms with Crippen molar-refractivity contribution in [2.75, 3.05) is 6.61 Å². The topological polar surface area (TPSA) is 157 Å². The summed E-state index contributed by atoms with van der Waals surface area (Å²) in [6, 6.07) is 1.37. The fraction of sp³-hybridized carbons (Fsp3) is 0.542. The van der Waals surface area contributed by atoms with Crippen molar-refractivity contribution < 1.29 is 50.4 Å². The molecule has 18 heteroatoms. The molecule has 0 aromatic carbocycles. The van der Waals surface area contributed by atoms with E-state index in [1.165, 1.54) is 29.2 Å². The van der Waals surface area contributed by atoms with Crippen LogP contribution in [0.1, 0.15) is 72.4 Å². The second kappa shape index (κ2) is 13.3. The highest BCUT2D eigenvalue weighted by Gasteiger charge is 2.38. The molecule has 1 aliphatic rings. The second-order valence-corrected chi connectivity index (χ2v) is 9.58. The number of ether oxygens (including phenoxy) is 1. The minimum absolute atomic E-state index is 0.0715. The first-order valence-electron chi connectivity index (χ1n) is 12.7. The highest BCUT2D eigenvalue weighted by atomic mass is 19.3. The molecule has 0 saturated heterocycles. The molecular formula is C24H25F6N7O5. The number of carbonyl (C=O) groups excluding carboxylic acids is 2. The number of hydrogen-bond donors (Lipinski definition) is 2. The lowest BCUT2D eigenvalue weighted by Crippen LogP contribution is -2.28. The van der Waals surface area contributed by atoms with Gasteiger partial charge in [-0.2, -0.15) is 5.10 Å². The predicted octanol–water partition coefficient (Wildman–Crippen LogP) is 3.73. The summed E-state index contributed by atoms with van der Waals surface area (Å²) >= 11 is 0. The summed E-state index contributed by atoms with van der Waals surface area (Å²) in [6.07, 6.45) is -5.06. The van der Waals surface area contributed by atoms with Gasteiger partial charge in [0, 0.05) is 43.4 Å². The van der Waals surface area contributed by atoms with Crippen LogP contribution in [0.25, 0.3) is 5.65 Å². The smallest absolute Gasteiger partial charge is 0.304 e. The maximum Gasteiger partial charge on any atom is 0.304 e. The minimum Gasteiger partial charge on any atom is -0.468 e. The molecule has 1 fully saturated rings. The van der Waals surface area contributed by atoms with E-state index in [0.717, 1.165) is 0 Å². The van der Waals surface area contributed by atoms with Crippen LogP contribution in [0.3, 0.4) is 0 Å². The second-order valence-electron chi connectivity index (χ2n) is 9.58. The Bertz CT molecular complexity index is 1410. The fourth-order valence-corrected chi connectivity index (χ4v) is 4.39. The van der Waals surface area contributed by atoms with Crippen molar-refractivity contribution in [2.45, 2.75) is 69.4 Å². The summed E-state index contributed by atoms with van der Waals surface area (Å²) < 4.78 is 87.8. The van der Waals surface area contributed by atoms with Crippen LogP contribution in [-0.4, -0.2) is 73.4 Å². The van der Waals surface area contributed by atoms with E-state index in [-0.39, 0.29) is 29.7 Å². The molecule has 0 spiro atoms. The van der Waals surface area contributed by atoms with Crippen molar-refractivity contribution in [3.63, 3.8) is 0 Å². The minimum atomic E-state index is -2.85. The van der Waals surface area contributed by atoms with Gasteiger partial charge in [0.05, 0.1) is 18.1 Å². The van der Waals surface area contributed by atoms with E-state index in [9.17, 15) is 41.0 Å². The van der Waals surface area contributed by atoms with Crippen LogP contribution in [0.15, 0.2) is 28.1 Å². The third kappa shape index (κ3) is 8.01. The first-order chi connectivity index (χ1) is 19.9. The largest absolute Gasteiger partial charge is 0.468 e. The number of aliphatic hydroxyl groups excluding tert-OH is 1. The highest BCUT2D eigenvalue weighted by molar-refractivity contribution is 5.99. The van der Waals surface area contributed by atoms with Crippen LogP contribution in [0.5, 0.6) is 5.88 Å². The van der Waals surface area contributed by atoms with E-state index in [1.54, 1.807) is 0 Å². The van der Waals surface area contributed by atoms with Crippen LogP contribution in [-0.2, 0) is 4.79 Å². The average Bonchev–Trinajstić information content (AvgIpc) is 3.58. The molecule has 1 aliphatic carbocycles. The van der Waals surface area contributed by atoms with Crippen molar-refractivity contribution in [3.05, 3.63) is 35.4 Å². The van der Waals surface area contributed by atoms with Crippen LogP contribution in [0.4, 0.5) is 26.3 Å². The molecular weight excluding hydrogens is 580 g/mol. The van der Waals surface area contributed by atoms with Gasteiger partial charge in [-0.25, -0.2) is 45.5 Å². The van der Waals surface area contributed by atoms with E-state index in [0.29, 0.717) is 0 Å². The normalized spacial score (nSPS) is 17.3. The van der Waals surface area contributed by atoms with Crippen molar-refractivity contribution in [2.24, 2.45) is 10.9 Å². The van der Waals surface area contributed by atoms with Gasteiger partial charge < -0.3 is 15.2 Å². The number of aliphatic hydroxyl groups is 1. The van der Waals surface area contributed by atoms with Gasteiger partial charge in [-0.3, -0.25) is 9.59 Å². The first kappa shape index (κ1) is 30.9. The van der Waals surface area contributed by atoms with Gasteiger partial charge in [-0.1, -0.05) is 0 Å². The number of imidazole rings is 1. The van der Waals surface area contributed by atoms with Crippen LogP contribution < -0.4 is 10.1 Å². The monoisotopic (exact) mass is 605 g/mol. The van der Waals surface area contributed by atoms with Gasteiger partial charge >= 0.3 is 5.91 Å². The standard InChI is InChI=1S/C24H25F6N7O5/c25-16(26)1-2-19(38)34-21(39)13-7-18-33-15(10-37(18)32-8-13)14(12-3-5-24(29,30)6-4-12)9-31-22(40)20-23(36-42-35-20)41-11-17(27)28/h7-10,12,14,16-17,21,39H,1-6,11H2,(H,34,38)/t14?,21-/m1/s1. The summed E-state index contributed by atoms with van der Waals surface area (Å²) in [4.78, 5) is 32.8. The Morgan fingerprint density at radius 3 is 2.64 bits per heavy atom. The van der Waals surface area contributed by atoms with Gasteiger partial charge in [-0.05, 0) is 35.1 Å². The average molecular weight is 605 g/mol. The molecule has 2 amide bonds. The number of nitrogens with zero attached hydrogens (tertiary/aromatic N) is 6. The summed E-state index contributed by atoms with van der Waals surface area (Å²) in [7, 11) is 0. The summed E-state index contributed by atoms with van der Waals surface area (Å²) in [6.45, 7) is -1.07. The van der Waals surface area contributed by atoms with Crippen LogP contribution in [0.2, 0.25) is 0 Å². The zero-order valence-electron chi connectivity index (χ0n) is 21.7. The first-order valence-corrected chi connectivity index (χ1v) is 12.7. The molecule has 3 heterocycles. The molecule has 0 aliphatic heterocycles. The number of amides is 2. The molecule has 3 aromatic heterocycles. The highest BCUT2D eigenvalue weighted by Crippen LogP contribution is 2.41. The zero-order valence-corrected chi connectivity index (χ0v) is 21.7. The number of alkyl halides is 6. The molecule has 0 radical (unpaired) electrons. The third-order valence-corrected chi connectivity index (χ3v) is 6.53. The van der Waals surface area contributed by atoms with Gasteiger partial charge in [0.25, 0.3) is 12.3 Å². The van der Waals surface area contributed by atoms with E-state index >= 15 is 0 Å². The Kier molecular flexibility index (Phi) is 9.74. The van der Waals surface area contributed by atoms with Gasteiger partial charge in [0.2, 0.25) is 23.9 Å². The van der Waals surface area contributed by atoms with E-state index in [2.05, 4.69) is 35.3 Å². The lowest BCUT2D eigenvalue weighted by atomic mass is 9.78. The Morgan fingerprint density at radius 2 is 1.95 bits per heavy atom. The molecule has 4 rings (SSSR count). The molecule has 1 saturated carbocycles. The number of carbonyl (C=O) groups is 2.